The molecular weight excluding hydrogens is 541 g/mol. The third-order valence-electron chi connectivity index (χ3n) is 7.02. The van der Waals surface area contributed by atoms with Crippen molar-refractivity contribution in [3.63, 3.8) is 0 Å². The van der Waals surface area contributed by atoms with Gasteiger partial charge in [0.05, 0.1) is 18.2 Å². The Balaban J connectivity index is 1.29. The Labute approximate surface area is 235 Å². The zero-order valence-electron chi connectivity index (χ0n) is 22.6. The molecule has 0 aliphatic carbocycles. The van der Waals surface area contributed by atoms with E-state index in [0.29, 0.717) is 37.4 Å². The van der Waals surface area contributed by atoms with Crippen molar-refractivity contribution in [1.82, 2.24) is 9.80 Å². The molecule has 0 radical (unpaired) electrons. The van der Waals surface area contributed by atoms with Crippen LogP contribution in [0.5, 0.6) is 17.2 Å². The number of hydrogen-bond acceptors (Lipinski definition) is 5. The first-order valence-corrected chi connectivity index (χ1v) is 12.9. The highest BCUT2D eigenvalue weighted by Crippen LogP contribution is 2.32. The molecule has 0 spiro atoms. The molecular formula is C30H31F3N2O6. The molecule has 4 rings (SSSR count). The zero-order valence-corrected chi connectivity index (χ0v) is 22.6. The van der Waals surface area contributed by atoms with Crippen molar-refractivity contribution in [2.24, 2.45) is 0 Å². The number of carbonyl (C=O) groups excluding carboxylic acids is 1. The van der Waals surface area contributed by atoms with E-state index in [1.165, 1.54) is 6.92 Å². The van der Waals surface area contributed by atoms with Crippen molar-refractivity contribution in [1.29, 1.82) is 0 Å². The van der Waals surface area contributed by atoms with Crippen LogP contribution in [0.25, 0.3) is 0 Å². The van der Waals surface area contributed by atoms with Crippen LogP contribution in [0.4, 0.5) is 18.0 Å². The van der Waals surface area contributed by atoms with Crippen molar-refractivity contribution in [2.75, 3.05) is 20.2 Å². The van der Waals surface area contributed by atoms with Crippen LogP contribution in [0.1, 0.15) is 30.0 Å². The second-order valence-corrected chi connectivity index (χ2v) is 10.2. The van der Waals surface area contributed by atoms with Crippen molar-refractivity contribution in [3.8, 4) is 17.2 Å². The molecule has 41 heavy (non-hydrogen) atoms. The molecule has 0 aromatic heterocycles. The number of likely N-dealkylation sites (N-methyl/N-ethyl adjacent to an activating group) is 1. The highest BCUT2D eigenvalue weighted by Gasteiger charge is 2.37. The van der Waals surface area contributed by atoms with E-state index >= 15 is 0 Å². The highest BCUT2D eigenvalue weighted by molar-refractivity contribution is 5.78. The third kappa shape index (κ3) is 7.41. The summed E-state index contributed by atoms with van der Waals surface area (Å²) in [5.74, 6) is -0.501. The van der Waals surface area contributed by atoms with Crippen molar-refractivity contribution >= 4 is 12.0 Å². The molecule has 0 bridgehead atoms. The molecule has 11 heteroatoms. The molecule has 1 aliphatic rings. The minimum Gasteiger partial charge on any atom is -0.508 e. The first-order valence-electron chi connectivity index (χ1n) is 12.9. The smallest absolute Gasteiger partial charge is 0.416 e. The van der Waals surface area contributed by atoms with Gasteiger partial charge in [-0.1, -0.05) is 24.3 Å². The van der Waals surface area contributed by atoms with Crippen LogP contribution >= 0.6 is 0 Å². The summed E-state index contributed by atoms with van der Waals surface area (Å²) in [4.78, 5) is 28.1. The SMILES string of the molecule is CN1C(=O)N(Cc2ccc(O)cc2)CC1CCOc1ccc(CC(C)(Oc2ccc(C(F)(F)F)cc2)C(=O)O)cc1. The van der Waals surface area contributed by atoms with Crippen LogP contribution in [0, 0.1) is 0 Å². The predicted octanol–water partition coefficient (Wildman–Crippen LogP) is 5.58. The molecule has 1 saturated heterocycles. The van der Waals surface area contributed by atoms with Gasteiger partial charge in [-0.2, -0.15) is 13.2 Å². The van der Waals surface area contributed by atoms with Gasteiger partial charge >= 0.3 is 18.2 Å². The molecule has 8 nitrogen and oxygen atoms in total. The lowest BCUT2D eigenvalue weighted by molar-refractivity contribution is -0.153. The lowest BCUT2D eigenvalue weighted by Crippen LogP contribution is -2.43. The Bertz CT molecular complexity index is 1350. The number of aromatic hydroxyl groups is 1. The first kappa shape index (κ1) is 29.6. The van der Waals surface area contributed by atoms with Gasteiger partial charge in [-0.05, 0) is 66.6 Å². The molecule has 2 atom stereocenters. The standard InChI is InChI=1S/C30H31F3N2O6/c1-29(27(37)38,41-26-13-7-22(8-14-26)30(31,32)33)17-20-5-11-25(12-6-20)40-16-15-23-19-35(28(39)34(23)2)18-21-3-9-24(36)10-4-21/h3-14,23,36H,15-19H2,1-2H3,(H,37,38). The van der Waals surface area contributed by atoms with Crippen molar-refractivity contribution in [2.45, 2.75) is 44.1 Å². The van der Waals surface area contributed by atoms with Gasteiger partial charge < -0.3 is 29.5 Å². The Morgan fingerprint density at radius 3 is 2.12 bits per heavy atom. The summed E-state index contributed by atoms with van der Waals surface area (Å²) in [7, 11) is 1.75. The largest absolute Gasteiger partial charge is 0.508 e. The van der Waals surface area contributed by atoms with E-state index in [9.17, 15) is 33.0 Å². The van der Waals surface area contributed by atoms with Gasteiger partial charge in [0, 0.05) is 33.0 Å². The molecule has 3 aromatic carbocycles. The van der Waals surface area contributed by atoms with Crippen LogP contribution < -0.4 is 9.47 Å². The van der Waals surface area contributed by atoms with E-state index in [1.807, 2.05) is 0 Å². The van der Waals surface area contributed by atoms with Crippen LogP contribution in [0.3, 0.4) is 0 Å². The number of rotatable bonds is 11. The fourth-order valence-electron chi connectivity index (χ4n) is 4.61. The first-order chi connectivity index (χ1) is 19.3. The lowest BCUT2D eigenvalue weighted by Gasteiger charge is -2.27. The molecule has 1 fully saturated rings. The number of ether oxygens (including phenoxy) is 2. The van der Waals surface area contributed by atoms with E-state index in [-0.39, 0.29) is 30.0 Å². The van der Waals surface area contributed by atoms with Gasteiger partial charge in [-0.3, -0.25) is 0 Å². The molecule has 1 aliphatic heterocycles. The summed E-state index contributed by atoms with van der Waals surface area (Å²) in [6.07, 6.45) is -3.93. The van der Waals surface area contributed by atoms with Crippen molar-refractivity contribution in [3.05, 3.63) is 89.5 Å². The summed E-state index contributed by atoms with van der Waals surface area (Å²) in [6.45, 7) is 2.71. The summed E-state index contributed by atoms with van der Waals surface area (Å²) < 4.78 is 49.9. The van der Waals surface area contributed by atoms with Crippen LogP contribution in [0.15, 0.2) is 72.8 Å². The van der Waals surface area contributed by atoms with E-state index < -0.39 is 23.3 Å². The molecule has 2 unspecified atom stereocenters. The van der Waals surface area contributed by atoms with Crippen LogP contribution in [-0.4, -0.2) is 63.9 Å². The Hall–Kier alpha value is -4.41. The maximum atomic E-state index is 12.8. The monoisotopic (exact) mass is 572 g/mol. The van der Waals surface area contributed by atoms with Gasteiger partial charge in [0.25, 0.3) is 0 Å². The number of urea groups is 1. The Kier molecular flexibility index (Phi) is 8.65. The van der Waals surface area contributed by atoms with E-state index in [4.69, 9.17) is 9.47 Å². The fourth-order valence-corrected chi connectivity index (χ4v) is 4.61. The summed E-state index contributed by atoms with van der Waals surface area (Å²) in [5.41, 5.74) is -1.01. The zero-order chi connectivity index (χ0) is 29.8. The quantitative estimate of drug-likeness (QED) is 0.311. The van der Waals surface area contributed by atoms with Crippen LogP contribution in [0.2, 0.25) is 0 Å². The minimum atomic E-state index is -4.50. The minimum absolute atomic E-state index is 0.0137. The number of nitrogens with zero attached hydrogens (tertiary/aromatic N) is 2. The molecule has 2 N–H and O–H groups in total. The van der Waals surface area contributed by atoms with E-state index in [0.717, 1.165) is 29.8 Å². The second-order valence-electron chi connectivity index (χ2n) is 10.2. The summed E-state index contributed by atoms with van der Waals surface area (Å²) in [6, 6.07) is 17.3. The average molecular weight is 573 g/mol. The average Bonchev–Trinajstić information content (AvgIpc) is 3.18. The number of carbonyl (C=O) groups is 2. The number of benzene rings is 3. The number of carboxylic acids is 1. The number of phenols is 1. The number of carboxylic acid groups (broad SMARTS) is 1. The number of aliphatic carboxylic acids is 1. The van der Waals surface area contributed by atoms with Gasteiger partial charge in [0.15, 0.2) is 0 Å². The topological polar surface area (TPSA) is 99.5 Å². The van der Waals surface area contributed by atoms with Gasteiger partial charge in [-0.15, -0.1) is 0 Å². The normalized spacial score (nSPS) is 16.9. The summed E-state index contributed by atoms with van der Waals surface area (Å²) >= 11 is 0. The molecule has 1 heterocycles. The van der Waals surface area contributed by atoms with Gasteiger partial charge in [0.1, 0.15) is 17.2 Å². The van der Waals surface area contributed by atoms with Crippen LogP contribution in [-0.2, 0) is 23.9 Å². The summed E-state index contributed by atoms with van der Waals surface area (Å²) in [5, 5.41) is 19.2. The highest BCUT2D eigenvalue weighted by atomic mass is 19.4. The van der Waals surface area contributed by atoms with Gasteiger partial charge in [-0.25, -0.2) is 9.59 Å². The predicted molar refractivity (Wildman–Crippen MR) is 144 cm³/mol. The number of hydrogen-bond donors (Lipinski definition) is 2. The molecule has 2 amide bonds. The maximum absolute atomic E-state index is 12.8. The Morgan fingerprint density at radius 2 is 1.54 bits per heavy atom. The molecule has 218 valence electrons. The number of alkyl halides is 3. The number of phenolic OH excluding ortho intramolecular Hbond substituents is 1. The fraction of sp³-hybridized carbons (Fsp3) is 0.333. The second kappa shape index (κ2) is 12.0. The van der Waals surface area contributed by atoms with E-state index in [2.05, 4.69) is 0 Å². The Morgan fingerprint density at radius 1 is 0.951 bits per heavy atom. The maximum Gasteiger partial charge on any atom is 0.416 e. The van der Waals surface area contributed by atoms with Crippen molar-refractivity contribution < 1.29 is 42.4 Å². The molecule has 3 aromatic rings. The van der Waals surface area contributed by atoms with Gasteiger partial charge in [0.2, 0.25) is 5.60 Å². The van der Waals surface area contributed by atoms with E-state index in [1.54, 1.807) is 65.4 Å². The lowest BCUT2D eigenvalue weighted by atomic mass is 9.96. The number of halogens is 3. The number of amides is 2. The third-order valence-corrected chi connectivity index (χ3v) is 7.02. The molecule has 0 saturated carbocycles.